The molecule has 0 spiro atoms. The first-order valence-corrected chi connectivity index (χ1v) is 8.88. The van der Waals surface area contributed by atoms with Crippen molar-refractivity contribution in [1.82, 2.24) is 20.0 Å². The van der Waals surface area contributed by atoms with E-state index in [4.69, 9.17) is 4.52 Å². The summed E-state index contributed by atoms with van der Waals surface area (Å²) in [5, 5.41) is 3.84. The van der Waals surface area contributed by atoms with Gasteiger partial charge in [-0.05, 0) is 38.0 Å². The van der Waals surface area contributed by atoms with E-state index in [-0.39, 0.29) is 34.3 Å². The number of halogens is 3. The molecule has 4 heterocycles. The van der Waals surface area contributed by atoms with Crippen molar-refractivity contribution in [3.05, 3.63) is 53.1 Å². The van der Waals surface area contributed by atoms with E-state index in [2.05, 4.69) is 15.1 Å². The molecule has 6 nitrogen and oxygen atoms in total. The number of hydrogen-bond acceptors (Lipinski definition) is 5. The van der Waals surface area contributed by atoms with Crippen molar-refractivity contribution in [3.8, 4) is 0 Å². The molecule has 1 aliphatic heterocycles. The second kappa shape index (κ2) is 6.88. The molecule has 0 aromatic carbocycles. The van der Waals surface area contributed by atoms with Gasteiger partial charge < -0.3 is 9.42 Å². The molecule has 1 saturated heterocycles. The average Bonchev–Trinajstić information content (AvgIpc) is 3.10. The number of amides is 1. The Hall–Kier alpha value is -2.97. The molecule has 0 bridgehead atoms. The third-order valence-corrected chi connectivity index (χ3v) is 4.98. The normalized spacial score (nSPS) is 15.9. The largest absolute Gasteiger partial charge is 0.417 e. The fraction of sp³-hybridized carbons (Fsp3) is 0.368. The van der Waals surface area contributed by atoms with E-state index >= 15 is 0 Å². The summed E-state index contributed by atoms with van der Waals surface area (Å²) in [4.78, 5) is 22.2. The highest BCUT2D eigenvalue weighted by molar-refractivity contribution is 5.94. The summed E-state index contributed by atoms with van der Waals surface area (Å²) in [6, 6.07) is 4.40. The van der Waals surface area contributed by atoms with Crippen LogP contribution in [0.5, 0.6) is 0 Å². The van der Waals surface area contributed by atoms with Crippen molar-refractivity contribution >= 4 is 17.0 Å². The maximum Gasteiger partial charge on any atom is 0.417 e. The number of likely N-dealkylation sites (tertiary alicyclic amines) is 1. The van der Waals surface area contributed by atoms with E-state index in [1.807, 2.05) is 0 Å². The molecular formula is C19H17F3N4O2. The lowest BCUT2D eigenvalue weighted by molar-refractivity contribution is -0.136. The van der Waals surface area contributed by atoms with Crippen molar-refractivity contribution in [2.75, 3.05) is 13.1 Å². The number of pyridine rings is 2. The van der Waals surface area contributed by atoms with Crippen LogP contribution in [0.2, 0.25) is 0 Å². The minimum Gasteiger partial charge on any atom is -0.339 e. The molecule has 146 valence electrons. The molecule has 28 heavy (non-hydrogen) atoms. The molecule has 0 atom stereocenters. The topological polar surface area (TPSA) is 72.1 Å². The van der Waals surface area contributed by atoms with Gasteiger partial charge in [-0.25, -0.2) is 4.98 Å². The minimum absolute atomic E-state index is 0.0739. The van der Waals surface area contributed by atoms with E-state index in [9.17, 15) is 18.0 Å². The lowest BCUT2D eigenvalue weighted by Gasteiger charge is -2.31. The zero-order valence-electron chi connectivity index (χ0n) is 15.0. The first kappa shape index (κ1) is 18.4. The van der Waals surface area contributed by atoms with Gasteiger partial charge >= 0.3 is 6.18 Å². The number of carbonyl (C=O) groups excluding carboxylic acids is 1. The molecule has 0 radical (unpaired) electrons. The average molecular weight is 390 g/mol. The SMILES string of the molecule is Cc1cc(C(F)(F)F)c2c(C3CCN(C(=O)c4cccnc4)CC3)noc2n1. The Morgan fingerprint density at radius 2 is 2.04 bits per heavy atom. The number of aromatic nitrogens is 3. The molecule has 0 saturated carbocycles. The van der Waals surface area contributed by atoms with Crippen LogP contribution < -0.4 is 0 Å². The summed E-state index contributed by atoms with van der Waals surface area (Å²) < 4.78 is 45.7. The number of rotatable bonds is 2. The fourth-order valence-corrected chi connectivity index (χ4v) is 3.63. The van der Waals surface area contributed by atoms with Crippen LogP contribution in [-0.2, 0) is 6.18 Å². The molecular weight excluding hydrogens is 373 g/mol. The Labute approximate surface area is 158 Å². The molecule has 0 aliphatic carbocycles. The van der Waals surface area contributed by atoms with Gasteiger partial charge in [0, 0.05) is 37.1 Å². The first-order valence-electron chi connectivity index (χ1n) is 8.88. The van der Waals surface area contributed by atoms with Crippen molar-refractivity contribution in [2.45, 2.75) is 31.9 Å². The lowest BCUT2D eigenvalue weighted by Crippen LogP contribution is -2.38. The summed E-state index contributed by atoms with van der Waals surface area (Å²) in [5.74, 6) is -0.366. The molecule has 3 aromatic rings. The van der Waals surface area contributed by atoms with Gasteiger partial charge in [0.05, 0.1) is 22.2 Å². The summed E-state index contributed by atoms with van der Waals surface area (Å²) in [6.07, 6.45) is -0.434. The van der Waals surface area contributed by atoms with Crippen LogP contribution in [0.15, 0.2) is 35.1 Å². The monoisotopic (exact) mass is 390 g/mol. The molecule has 3 aromatic heterocycles. The van der Waals surface area contributed by atoms with Gasteiger partial charge in [-0.15, -0.1) is 0 Å². The van der Waals surface area contributed by atoms with Crippen molar-refractivity contribution in [3.63, 3.8) is 0 Å². The van der Waals surface area contributed by atoms with E-state index in [1.54, 1.807) is 23.2 Å². The van der Waals surface area contributed by atoms with Crippen LogP contribution in [-0.4, -0.2) is 39.0 Å². The minimum atomic E-state index is -4.52. The van der Waals surface area contributed by atoms with Crippen LogP contribution >= 0.6 is 0 Å². The molecule has 1 amide bonds. The van der Waals surface area contributed by atoms with Gasteiger partial charge in [0.1, 0.15) is 0 Å². The van der Waals surface area contributed by atoms with E-state index in [1.165, 1.54) is 13.1 Å². The van der Waals surface area contributed by atoms with Crippen molar-refractivity contribution in [1.29, 1.82) is 0 Å². The molecule has 1 fully saturated rings. The van der Waals surface area contributed by atoms with Gasteiger partial charge in [-0.1, -0.05) is 5.16 Å². The van der Waals surface area contributed by atoms with Crippen LogP contribution in [0, 0.1) is 6.92 Å². The Kier molecular flexibility index (Phi) is 4.52. The second-order valence-corrected chi connectivity index (χ2v) is 6.87. The highest BCUT2D eigenvalue weighted by Crippen LogP contribution is 2.40. The van der Waals surface area contributed by atoms with Crippen molar-refractivity contribution in [2.24, 2.45) is 0 Å². The number of hydrogen-bond donors (Lipinski definition) is 0. The Morgan fingerprint density at radius 1 is 1.29 bits per heavy atom. The molecule has 4 rings (SSSR count). The predicted octanol–water partition coefficient (Wildman–Crippen LogP) is 3.96. The highest BCUT2D eigenvalue weighted by atomic mass is 19.4. The quantitative estimate of drug-likeness (QED) is 0.662. The van der Waals surface area contributed by atoms with Crippen LogP contribution in [0.1, 0.15) is 46.1 Å². The zero-order chi connectivity index (χ0) is 19.9. The number of fused-ring (bicyclic) bond motifs is 1. The smallest absolute Gasteiger partial charge is 0.339 e. The van der Waals surface area contributed by atoms with Crippen molar-refractivity contribution < 1.29 is 22.5 Å². The van der Waals surface area contributed by atoms with Gasteiger partial charge in [0.25, 0.3) is 11.6 Å². The molecule has 0 N–H and O–H groups in total. The molecule has 1 aliphatic rings. The number of carbonyl (C=O) groups is 1. The maximum atomic E-state index is 13.5. The Bertz CT molecular complexity index is 1010. The predicted molar refractivity (Wildman–Crippen MR) is 93.7 cm³/mol. The van der Waals surface area contributed by atoms with Gasteiger partial charge in [-0.2, -0.15) is 13.2 Å². The molecule has 9 heteroatoms. The molecule has 0 unspecified atom stereocenters. The first-order chi connectivity index (χ1) is 13.3. The van der Waals surface area contributed by atoms with Crippen LogP contribution in [0.4, 0.5) is 13.2 Å². The summed E-state index contributed by atoms with van der Waals surface area (Å²) in [7, 11) is 0. The highest BCUT2D eigenvalue weighted by Gasteiger charge is 2.37. The third kappa shape index (κ3) is 3.32. The van der Waals surface area contributed by atoms with Gasteiger partial charge in [0.15, 0.2) is 0 Å². The fourth-order valence-electron chi connectivity index (χ4n) is 3.63. The summed E-state index contributed by atoms with van der Waals surface area (Å²) in [6.45, 7) is 2.33. The number of piperidine rings is 1. The number of alkyl halides is 3. The Morgan fingerprint density at radius 3 is 2.68 bits per heavy atom. The summed E-state index contributed by atoms with van der Waals surface area (Å²) >= 11 is 0. The second-order valence-electron chi connectivity index (χ2n) is 6.87. The van der Waals surface area contributed by atoms with Gasteiger partial charge in [0.2, 0.25) is 0 Å². The zero-order valence-corrected chi connectivity index (χ0v) is 15.0. The maximum absolute atomic E-state index is 13.5. The third-order valence-electron chi connectivity index (χ3n) is 4.98. The number of aryl methyl sites for hydroxylation is 1. The summed E-state index contributed by atoms with van der Waals surface area (Å²) in [5.41, 5.74) is 0.103. The van der Waals surface area contributed by atoms with E-state index in [0.717, 1.165) is 6.07 Å². The van der Waals surface area contributed by atoms with E-state index in [0.29, 0.717) is 31.5 Å². The standard InChI is InChI=1S/C19H17F3N4O2/c1-11-9-14(19(20,21)22)15-16(25-28-17(15)24-11)12-4-7-26(8-5-12)18(27)13-3-2-6-23-10-13/h2-3,6,9-10,12H,4-5,7-8H2,1H3. The Balaban J connectivity index is 1.59. The number of nitrogens with zero attached hydrogens (tertiary/aromatic N) is 4. The lowest BCUT2D eigenvalue weighted by atomic mass is 9.90. The van der Waals surface area contributed by atoms with Crippen LogP contribution in [0.3, 0.4) is 0 Å². The van der Waals surface area contributed by atoms with Crippen LogP contribution in [0.25, 0.3) is 11.1 Å². The van der Waals surface area contributed by atoms with E-state index < -0.39 is 11.7 Å². The van der Waals surface area contributed by atoms with Gasteiger partial charge in [-0.3, -0.25) is 9.78 Å².